The summed E-state index contributed by atoms with van der Waals surface area (Å²) in [5, 5.41) is 38.4. The Balaban J connectivity index is 1.59. The lowest BCUT2D eigenvalue weighted by Crippen LogP contribution is -2.32. The zero-order valence-electron chi connectivity index (χ0n) is 20.3. The van der Waals surface area contributed by atoms with Crippen molar-refractivity contribution in [3.8, 4) is 5.75 Å². The molecule has 1 amide bonds. The van der Waals surface area contributed by atoms with Gasteiger partial charge in [-0.2, -0.15) is 0 Å². The number of nitrogens with zero attached hydrogens (tertiary/aromatic N) is 3. The number of carbonyl (C=O) groups excluding carboxylic acids is 1. The fourth-order valence-electron chi connectivity index (χ4n) is 3.98. The van der Waals surface area contributed by atoms with Gasteiger partial charge in [-0.3, -0.25) is 4.79 Å². The average molecular weight is 507 g/mol. The molecule has 3 aromatic rings. The molecule has 6 N–H and O–H groups in total. The van der Waals surface area contributed by atoms with Crippen LogP contribution in [-0.4, -0.2) is 29.5 Å². The standard InChI is InChI=1S/C28H26N8O2/c29-14-18-8-10-19(11-9-18)15-32-17-27(24(30)16-33-36-31)35-28(38)23-13-26(20-4-3-5-21(37)12-20)34-25-7-2-1-6-22(23)25/h1-14,17,26,29-30,32,34,37H,15-16H2,(H,35,38)/b27-17+,29-14?,30-24?. The van der Waals surface area contributed by atoms with Crippen molar-refractivity contribution in [1.82, 2.24) is 10.6 Å². The summed E-state index contributed by atoms with van der Waals surface area (Å²) in [5.41, 5.74) is 13.2. The Morgan fingerprint density at radius 3 is 2.66 bits per heavy atom. The molecule has 4 rings (SSSR count). The topological polar surface area (TPSA) is 170 Å². The van der Waals surface area contributed by atoms with Gasteiger partial charge in [0, 0.05) is 40.7 Å². The highest BCUT2D eigenvalue weighted by Crippen LogP contribution is 2.36. The molecule has 0 fully saturated rings. The molecule has 1 heterocycles. The van der Waals surface area contributed by atoms with E-state index in [9.17, 15) is 9.90 Å². The van der Waals surface area contributed by atoms with Gasteiger partial charge in [-0.05, 0) is 46.5 Å². The van der Waals surface area contributed by atoms with E-state index in [4.69, 9.17) is 16.3 Å². The van der Waals surface area contributed by atoms with Crippen molar-refractivity contribution in [3.63, 3.8) is 0 Å². The maximum Gasteiger partial charge on any atom is 0.256 e. The third kappa shape index (κ3) is 6.26. The molecule has 10 heteroatoms. The minimum Gasteiger partial charge on any atom is -0.508 e. The lowest BCUT2D eigenvalue weighted by atomic mass is 9.93. The highest BCUT2D eigenvalue weighted by molar-refractivity contribution is 6.23. The molecule has 10 nitrogen and oxygen atoms in total. The second-order valence-electron chi connectivity index (χ2n) is 8.49. The third-order valence-corrected chi connectivity index (χ3v) is 5.90. The largest absolute Gasteiger partial charge is 0.508 e. The molecular weight excluding hydrogens is 480 g/mol. The molecule has 1 aliphatic rings. The molecule has 0 saturated heterocycles. The Kier molecular flexibility index (Phi) is 8.18. The molecule has 1 atom stereocenters. The van der Waals surface area contributed by atoms with Crippen molar-refractivity contribution < 1.29 is 9.90 Å². The second kappa shape index (κ2) is 12.1. The fraction of sp³-hybridized carbons (Fsp3) is 0.107. The van der Waals surface area contributed by atoms with Crippen LogP contribution in [0.15, 0.2) is 95.9 Å². The van der Waals surface area contributed by atoms with Gasteiger partial charge in [0.2, 0.25) is 0 Å². The molecule has 1 aliphatic heterocycles. The van der Waals surface area contributed by atoms with Crippen LogP contribution in [0.3, 0.4) is 0 Å². The average Bonchev–Trinajstić information content (AvgIpc) is 2.95. The van der Waals surface area contributed by atoms with Crippen molar-refractivity contribution in [3.05, 3.63) is 123 Å². The molecule has 1 unspecified atom stereocenters. The summed E-state index contributed by atoms with van der Waals surface area (Å²) in [6.07, 6.45) is 4.55. The van der Waals surface area contributed by atoms with E-state index in [1.807, 2.05) is 54.6 Å². The summed E-state index contributed by atoms with van der Waals surface area (Å²) in [6.45, 7) is 0.183. The zero-order valence-corrected chi connectivity index (χ0v) is 20.3. The van der Waals surface area contributed by atoms with E-state index in [0.29, 0.717) is 17.7 Å². The molecule has 0 saturated carbocycles. The predicted octanol–water partition coefficient (Wildman–Crippen LogP) is 5.02. The number of benzene rings is 3. The lowest BCUT2D eigenvalue weighted by Gasteiger charge is -2.26. The van der Waals surface area contributed by atoms with Crippen LogP contribution in [0.2, 0.25) is 0 Å². The number of rotatable bonds is 10. The summed E-state index contributed by atoms with van der Waals surface area (Å²) in [5.74, 6) is -0.309. The maximum absolute atomic E-state index is 13.6. The molecule has 3 aromatic carbocycles. The number of aromatic hydroxyl groups is 1. The number of anilines is 1. The van der Waals surface area contributed by atoms with Crippen LogP contribution in [0.1, 0.15) is 28.3 Å². The molecule has 0 aliphatic carbocycles. The summed E-state index contributed by atoms with van der Waals surface area (Å²) in [4.78, 5) is 16.3. The van der Waals surface area contributed by atoms with E-state index in [1.165, 1.54) is 12.4 Å². The summed E-state index contributed by atoms with van der Waals surface area (Å²) in [7, 11) is 0. The van der Waals surface area contributed by atoms with Crippen molar-refractivity contribution in [2.45, 2.75) is 12.6 Å². The Morgan fingerprint density at radius 1 is 1.13 bits per heavy atom. The first-order chi connectivity index (χ1) is 18.5. The van der Waals surface area contributed by atoms with Gasteiger partial charge in [0.25, 0.3) is 5.91 Å². The fourth-order valence-corrected chi connectivity index (χ4v) is 3.98. The number of amides is 1. The summed E-state index contributed by atoms with van der Waals surface area (Å²) in [6, 6.07) is 21.3. The van der Waals surface area contributed by atoms with Crippen molar-refractivity contribution in [2.24, 2.45) is 5.11 Å². The monoisotopic (exact) mass is 506 g/mol. The first kappa shape index (κ1) is 25.7. The number of nitrogens with one attached hydrogen (secondary N) is 5. The lowest BCUT2D eigenvalue weighted by molar-refractivity contribution is -0.114. The van der Waals surface area contributed by atoms with E-state index in [2.05, 4.69) is 26.0 Å². The van der Waals surface area contributed by atoms with Gasteiger partial charge in [-0.15, -0.1) is 0 Å². The second-order valence-corrected chi connectivity index (χ2v) is 8.49. The Hall–Kier alpha value is -5.34. The van der Waals surface area contributed by atoms with Gasteiger partial charge in [0.1, 0.15) is 5.75 Å². The van der Waals surface area contributed by atoms with Gasteiger partial charge in [-0.25, -0.2) is 0 Å². The van der Waals surface area contributed by atoms with Crippen LogP contribution in [0.5, 0.6) is 5.75 Å². The van der Waals surface area contributed by atoms with Gasteiger partial charge >= 0.3 is 0 Å². The normalized spacial score (nSPS) is 14.2. The molecule has 38 heavy (non-hydrogen) atoms. The predicted molar refractivity (Wildman–Crippen MR) is 148 cm³/mol. The van der Waals surface area contributed by atoms with Crippen LogP contribution >= 0.6 is 0 Å². The molecule has 0 spiro atoms. The number of para-hydroxylation sites is 1. The van der Waals surface area contributed by atoms with E-state index in [0.717, 1.165) is 22.4 Å². The van der Waals surface area contributed by atoms with Gasteiger partial charge in [0.05, 0.1) is 24.0 Å². The highest BCUT2D eigenvalue weighted by Gasteiger charge is 2.25. The van der Waals surface area contributed by atoms with Crippen LogP contribution in [0.4, 0.5) is 5.69 Å². The Morgan fingerprint density at radius 2 is 1.92 bits per heavy atom. The molecular formula is C28H26N8O2. The number of carbonyl (C=O) groups is 1. The third-order valence-electron chi connectivity index (χ3n) is 5.90. The van der Waals surface area contributed by atoms with Crippen LogP contribution in [0.25, 0.3) is 16.0 Å². The molecule has 0 radical (unpaired) electrons. The first-order valence-corrected chi connectivity index (χ1v) is 11.8. The van der Waals surface area contributed by atoms with Crippen molar-refractivity contribution in [1.29, 1.82) is 10.8 Å². The van der Waals surface area contributed by atoms with Gasteiger partial charge < -0.3 is 31.9 Å². The van der Waals surface area contributed by atoms with Crippen LogP contribution in [-0.2, 0) is 11.3 Å². The summed E-state index contributed by atoms with van der Waals surface area (Å²) >= 11 is 0. The Labute approximate surface area is 219 Å². The van der Waals surface area contributed by atoms with E-state index < -0.39 is 5.91 Å². The molecule has 0 aromatic heterocycles. The van der Waals surface area contributed by atoms with Crippen LogP contribution in [0, 0.1) is 10.8 Å². The number of hydrogen-bond acceptors (Lipinski definition) is 7. The molecule has 190 valence electrons. The minimum atomic E-state index is -0.432. The maximum atomic E-state index is 13.6. The summed E-state index contributed by atoms with van der Waals surface area (Å²) < 4.78 is 0. The highest BCUT2D eigenvalue weighted by atomic mass is 16.3. The SMILES string of the molecule is [N-]=[N+]=NCC(=N)/C(=C\NCc1ccc(C=N)cc1)NC(=O)C1=CC(c2cccc(O)c2)Nc2ccccc21. The zero-order chi connectivity index (χ0) is 26.9. The van der Waals surface area contributed by atoms with E-state index in [-0.39, 0.29) is 29.7 Å². The van der Waals surface area contributed by atoms with Gasteiger partial charge in [0.15, 0.2) is 0 Å². The quantitative estimate of drug-likeness (QED) is 0.0982. The first-order valence-electron chi connectivity index (χ1n) is 11.8. The van der Waals surface area contributed by atoms with E-state index in [1.54, 1.807) is 24.3 Å². The van der Waals surface area contributed by atoms with Crippen molar-refractivity contribution >= 4 is 29.1 Å². The number of azide groups is 1. The Bertz CT molecular complexity index is 1470. The van der Waals surface area contributed by atoms with Crippen LogP contribution < -0.4 is 16.0 Å². The number of phenolic OH excluding ortho intramolecular Hbond substituents is 1. The number of hydrogen-bond donors (Lipinski definition) is 6. The van der Waals surface area contributed by atoms with E-state index >= 15 is 0 Å². The van der Waals surface area contributed by atoms with Gasteiger partial charge in [-0.1, -0.05) is 59.7 Å². The smallest absolute Gasteiger partial charge is 0.256 e. The molecule has 0 bridgehead atoms. The minimum absolute atomic E-state index is 0.0600. The number of phenols is 1. The number of fused-ring (bicyclic) bond motifs is 1. The van der Waals surface area contributed by atoms with Crippen molar-refractivity contribution in [2.75, 3.05) is 11.9 Å².